The van der Waals surface area contributed by atoms with Crippen molar-refractivity contribution in [3.05, 3.63) is 54.0 Å². The molecule has 4 heterocycles. The molecule has 3 aromatic rings. The topological polar surface area (TPSA) is 74.3 Å². The Bertz CT molecular complexity index is 962. The van der Waals surface area contributed by atoms with Gasteiger partial charge in [-0.3, -0.25) is 4.79 Å². The number of aromatic amines is 1. The van der Waals surface area contributed by atoms with Gasteiger partial charge in [0, 0.05) is 36.7 Å². The highest BCUT2D eigenvalue weighted by molar-refractivity contribution is 5.98. The Hall–Kier alpha value is -2.93. The Labute approximate surface area is 163 Å². The highest BCUT2D eigenvalue weighted by Crippen LogP contribution is 2.25. The molecule has 5 rings (SSSR count). The Balaban J connectivity index is 1.34. The fourth-order valence-electron chi connectivity index (χ4n) is 3.98. The molecule has 2 aliphatic rings. The first-order valence-electron chi connectivity index (χ1n) is 9.84. The van der Waals surface area contributed by atoms with Gasteiger partial charge >= 0.3 is 0 Å². The number of amides is 1. The molecular weight excluding hydrogens is 354 g/mol. The number of carbonyl (C=O) groups is 1. The van der Waals surface area contributed by atoms with Crippen LogP contribution in [-0.2, 0) is 4.74 Å². The fraction of sp³-hybridized carbons (Fsp3) is 0.381. The number of nitrogens with one attached hydrogen (secondary N) is 1. The molecule has 2 aromatic heterocycles. The van der Waals surface area contributed by atoms with Gasteiger partial charge in [-0.1, -0.05) is 18.2 Å². The zero-order chi connectivity index (χ0) is 18.9. The van der Waals surface area contributed by atoms with Crippen molar-refractivity contribution in [3.63, 3.8) is 0 Å². The number of rotatable bonds is 3. The van der Waals surface area contributed by atoms with Crippen LogP contribution in [0.3, 0.4) is 0 Å². The molecule has 0 aliphatic carbocycles. The van der Waals surface area contributed by atoms with Crippen LogP contribution in [0.5, 0.6) is 0 Å². The molecule has 1 aromatic carbocycles. The molecule has 28 heavy (non-hydrogen) atoms. The van der Waals surface area contributed by atoms with Crippen molar-refractivity contribution in [1.29, 1.82) is 0 Å². The number of fused-ring (bicyclic) bond motifs is 1. The SMILES string of the molecule is O=C(c1cc2ccccc2[nH]1)N1CCOC(c2ccnc(N3CCCC3)n2)C1. The van der Waals surface area contributed by atoms with E-state index in [-0.39, 0.29) is 12.0 Å². The number of para-hydroxylation sites is 1. The first kappa shape index (κ1) is 17.2. The average molecular weight is 377 g/mol. The lowest BCUT2D eigenvalue weighted by Crippen LogP contribution is -2.42. The third-order valence-corrected chi connectivity index (χ3v) is 5.50. The monoisotopic (exact) mass is 377 g/mol. The van der Waals surface area contributed by atoms with Crippen LogP contribution < -0.4 is 4.90 Å². The number of benzene rings is 1. The minimum Gasteiger partial charge on any atom is -0.368 e. The first-order chi connectivity index (χ1) is 13.8. The van der Waals surface area contributed by atoms with Gasteiger partial charge in [0.1, 0.15) is 11.8 Å². The van der Waals surface area contributed by atoms with Gasteiger partial charge in [-0.15, -0.1) is 0 Å². The van der Waals surface area contributed by atoms with Crippen molar-refractivity contribution >= 4 is 22.8 Å². The van der Waals surface area contributed by atoms with E-state index < -0.39 is 0 Å². The second-order valence-electron chi connectivity index (χ2n) is 7.36. The molecule has 1 amide bonds. The lowest BCUT2D eigenvalue weighted by atomic mass is 10.2. The van der Waals surface area contributed by atoms with Crippen LogP contribution in [0.4, 0.5) is 5.95 Å². The number of anilines is 1. The second-order valence-corrected chi connectivity index (χ2v) is 7.36. The van der Waals surface area contributed by atoms with E-state index in [4.69, 9.17) is 9.72 Å². The second kappa shape index (κ2) is 7.24. The maximum absolute atomic E-state index is 13.0. The molecule has 2 saturated heterocycles. The Kier molecular flexibility index (Phi) is 4.44. The number of aromatic nitrogens is 3. The number of ether oxygens (including phenoxy) is 1. The van der Waals surface area contributed by atoms with Crippen LogP contribution in [0.1, 0.15) is 35.1 Å². The zero-order valence-corrected chi connectivity index (χ0v) is 15.7. The molecule has 2 fully saturated rings. The van der Waals surface area contributed by atoms with Crippen LogP contribution >= 0.6 is 0 Å². The minimum atomic E-state index is -0.230. The van der Waals surface area contributed by atoms with Crippen LogP contribution in [0.2, 0.25) is 0 Å². The standard InChI is InChI=1S/C21H23N5O2/c27-20(18-13-15-5-1-2-6-16(15)23-18)26-11-12-28-19(14-26)17-7-8-22-21(24-17)25-9-3-4-10-25/h1-2,5-8,13,19,23H,3-4,9-12,14H2. The number of H-pyrrole nitrogens is 1. The van der Waals surface area contributed by atoms with Gasteiger partial charge < -0.3 is 19.5 Å². The summed E-state index contributed by atoms with van der Waals surface area (Å²) in [6.45, 7) is 3.57. The van der Waals surface area contributed by atoms with E-state index >= 15 is 0 Å². The summed E-state index contributed by atoms with van der Waals surface area (Å²) in [5.74, 6) is 0.760. The highest BCUT2D eigenvalue weighted by atomic mass is 16.5. The molecule has 0 spiro atoms. The van der Waals surface area contributed by atoms with E-state index in [2.05, 4.69) is 14.9 Å². The molecule has 0 bridgehead atoms. The predicted octanol–water partition coefficient (Wildman–Crippen LogP) is 2.77. The van der Waals surface area contributed by atoms with Gasteiger partial charge in [-0.05, 0) is 31.0 Å². The first-order valence-corrected chi connectivity index (χ1v) is 9.84. The predicted molar refractivity (Wildman–Crippen MR) is 106 cm³/mol. The summed E-state index contributed by atoms with van der Waals surface area (Å²) in [7, 11) is 0. The van der Waals surface area contributed by atoms with Gasteiger partial charge in [0.2, 0.25) is 5.95 Å². The Morgan fingerprint density at radius 1 is 1.14 bits per heavy atom. The minimum absolute atomic E-state index is 0.00155. The largest absolute Gasteiger partial charge is 0.368 e. The van der Waals surface area contributed by atoms with Crippen LogP contribution in [0.15, 0.2) is 42.6 Å². The summed E-state index contributed by atoms with van der Waals surface area (Å²) in [5, 5.41) is 1.04. The van der Waals surface area contributed by atoms with Gasteiger partial charge in [-0.25, -0.2) is 9.97 Å². The van der Waals surface area contributed by atoms with E-state index in [9.17, 15) is 4.79 Å². The molecule has 7 nitrogen and oxygen atoms in total. The molecule has 0 radical (unpaired) electrons. The number of carbonyl (C=O) groups excluding carboxylic acids is 1. The summed E-state index contributed by atoms with van der Waals surface area (Å²) in [5.41, 5.74) is 2.43. The summed E-state index contributed by atoms with van der Waals surface area (Å²) in [4.78, 5) is 29.4. The lowest BCUT2D eigenvalue weighted by molar-refractivity contribution is -0.0249. The number of hydrogen-bond donors (Lipinski definition) is 1. The van der Waals surface area contributed by atoms with E-state index in [0.717, 1.165) is 35.6 Å². The van der Waals surface area contributed by atoms with Crippen LogP contribution in [-0.4, -0.2) is 58.5 Å². The number of hydrogen-bond acceptors (Lipinski definition) is 5. The quantitative estimate of drug-likeness (QED) is 0.760. The Morgan fingerprint density at radius 3 is 2.86 bits per heavy atom. The van der Waals surface area contributed by atoms with Gasteiger partial charge in [0.25, 0.3) is 5.91 Å². The van der Waals surface area contributed by atoms with Gasteiger partial charge in [0.15, 0.2) is 0 Å². The third-order valence-electron chi connectivity index (χ3n) is 5.50. The molecule has 1 atom stereocenters. The molecule has 1 unspecified atom stereocenters. The molecule has 7 heteroatoms. The summed E-state index contributed by atoms with van der Waals surface area (Å²) in [6.07, 6.45) is 3.92. The van der Waals surface area contributed by atoms with E-state index in [1.807, 2.05) is 41.3 Å². The summed E-state index contributed by atoms with van der Waals surface area (Å²) >= 11 is 0. The zero-order valence-electron chi connectivity index (χ0n) is 15.7. The third kappa shape index (κ3) is 3.22. The van der Waals surface area contributed by atoms with E-state index in [0.29, 0.717) is 25.4 Å². The van der Waals surface area contributed by atoms with Crippen molar-refractivity contribution in [2.45, 2.75) is 18.9 Å². The summed E-state index contributed by atoms with van der Waals surface area (Å²) < 4.78 is 5.94. The molecule has 2 aliphatic heterocycles. The van der Waals surface area contributed by atoms with Crippen LogP contribution in [0, 0.1) is 0 Å². The van der Waals surface area contributed by atoms with Gasteiger partial charge in [-0.2, -0.15) is 0 Å². The van der Waals surface area contributed by atoms with Crippen molar-refractivity contribution < 1.29 is 9.53 Å². The van der Waals surface area contributed by atoms with Crippen molar-refractivity contribution in [2.75, 3.05) is 37.7 Å². The highest BCUT2D eigenvalue weighted by Gasteiger charge is 2.28. The number of morpholine rings is 1. The lowest BCUT2D eigenvalue weighted by Gasteiger charge is -2.32. The van der Waals surface area contributed by atoms with Gasteiger partial charge in [0.05, 0.1) is 18.8 Å². The van der Waals surface area contributed by atoms with Crippen molar-refractivity contribution in [1.82, 2.24) is 19.9 Å². The van der Waals surface area contributed by atoms with E-state index in [1.165, 1.54) is 12.8 Å². The number of nitrogens with zero attached hydrogens (tertiary/aromatic N) is 4. The van der Waals surface area contributed by atoms with Crippen molar-refractivity contribution in [3.8, 4) is 0 Å². The fourth-order valence-corrected chi connectivity index (χ4v) is 3.98. The maximum Gasteiger partial charge on any atom is 0.270 e. The van der Waals surface area contributed by atoms with E-state index in [1.54, 1.807) is 6.20 Å². The Morgan fingerprint density at radius 2 is 2.00 bits per heavy atom. The molecule has 0 saturated carbocycles. The maximum atomic E-state index is 13.0. The average Bonchev–Trinajstić information content (AvgIpc) is 3.43. The molecular formula is C21H23N5O2. The van der Waals surface area contributed by atoms with Crippen LogP contribution in [0.25, 0.3) is 10.9 Å². The molecule has 1 N–H and O–H groups in total. The summed E-state index contributed by atoms with van der Waals surface area (Å²) in [6, 6.07) is 11.7. The molecule has 144 valence electrons. The van der Waals surface area contributed by atoms with Crippen molar-refractivity contribution in [2.24, 2.45) is 0 Å². The normalized spacial score (nSPS) is 20.1. The smallest absolute Gasteiger partial charge is 0.270 e.